The predicted octanol–water partition coefficient (Wildman–Crippen LogP) is 2.33. The first-order valence-electron chi connectivity index (χ1n) is 6.77. The molecule has 7 nitrogen and oxygen atoms in total. The maximum absolute atomic E-state index is 6.11. The second-order valence-corrected chi connectivity index (χ2v) is 5.13. The molecule has 0 spiro atoms. The molecule has 0 bridgehead atoms. The maximum Gasteiger partial charge on any atom is 0.215 e. The first kappa shape index (κ1) is 14.5. The molecule has 0 N–H and O–H groups in total. The van der Waals surface area contributed by atoms with E-state index in [4.69, 9.17) is 16.3 Å². The Bertz CT molecular complexity index is 810. The van der Waals surface area contributed by atoms with Gasteiger partial charge in [-0.25, -0.2) is 4.98 Å². The van der Waals surface area contributed by atoms with E-state index in [1.54, 1.807) is 23.3 Å². The molecule has 0 aliphatic heterocycles. The first-order valence-corrected chi connectivity index (χ1v) is 7.15. The van der Waals surface area contributed by atoms with Crippen molar-refractivity contribution < 1.29 is 4.74 Å². The third-order valence-corrected chi connectivity index (χ3v) is 3.42. The Morgan fingerprint density at radius 1 is 1.27 bits per heavy atom. The number of aryl methyl sites for hydroxylation is 2. The summed E-state index contributed by atoms with van der Waals surface area (Å²) in [4.78, 5) is 4.15. The van der Waals surface area contributed by atoms with Crippen molar-refractivity contribution in [3.8, 4) is 28.5 Å². The van der Waals surface area contributed by atoms with Crippen molar-refractivity contribution in [2.75, 3.05) is 6.61 Å². The number of halogens is 1. The van der Waals surface area contributed by atoms with E-state index >= 15 is 0 Å². The zero-order valence-electron chi connectivity index (χ0n) is 12.5. The van der Waals surface area contributed by atoms with Crippen LogP contribution in [0.3, 0.4) is 0 Å². The zero-order valence-corrected chi connectivity index (χ0v) is 13.2. The Morgan fingerprint density at radius 2 is 2.09 bits per heavy atom. The van der Waals surface area contributed by atoms with Gasteiger partial charge < -0.3 is 9.30 Å². The average molecular weight is 319 g/mol. The molecule has 0 aromatic carbocycles. The average Bonchev–Trinajstić information content (AvgIpc) is 3.04. The number of pyridine rings is 1. The van der Waals surface area contributed by atoms with Crippen LogP contribution < -0.4 is 4.74 Å². The molecule has 3 heterocycles. The van der Waals surface area contributed by atoms with Crippen molar-refractivity contribution in [3.63, 3.8) is 0 Å². The Hall–Kier alpha value is -2.41. The van der Waals surface area contributed by atoms with E-state index in [1.165, 1.54) is 0 Å². The van der Waals surface area contributed by atoms with Gasteiger partial charge in [-0.2, -0.15) is 5.10 Å². The van der Waals surface area contributed by atoms with Gasteiger partial charge in [0.1, 0.15) is 11.5 Å². The molecule has 0 saturated heterocycles. The summed E-state index contributed by atoms with van der Waals surface area (Å²) in [6.07, 6.45) is 3.41. The van der Waals surface area contributed by atoms with Crippen molar-refractivity contribution in [2.24, 2.45) is 14.1 Å². The lowest BCUT2D eigenvalue weighted by atomic mass is 10.1. The van der Waals surface area contributed by atoms with Gasteiger partial charge in [0.2, 0.25) is 5.88 Å². The Morgan fingerprint density at radius 3 is 2.77 bits per heavy atom. The Balaban J connectivity index is 2.17. The SMILES string of the molecule is CCOc1cc(-c2c(-c3nncn3C)cnn2C)cc(Cl)n1. The van der Waals surface area contributed by atoms with Crippen molar-refractivity contribution in [1.29, 1.82) is 0 Å². The highest BCUT2D eigenvalue weighted by atomic mass is 35.5. The molecule has 0 fully saturated rings. The minimum atomic E-state index is 0.367. The fourth-order valence-corrected chi connectivity index (χ4v) is 2.50. The minimum absolute atomic E-state index is 0.367. The summed E-state index contributed by atoms with van der Waals surface area (Å²) in [7, 11) is 3.75. The number of ether oxygens (including phenoxy) is 1. The molecule has 0 saturated carbocycles. The summed E-state index contributed by atoms with van der Waals surface area (Å²) in [5.41, 5.74) is 2.61. The first-order chi connectivity index (χ1) is 10.6. The number of hydrogen-bond donors (Lipinski definition) is 0. The third kappa shape index (κ3) is 2.55. The van der Waals surface area contributed by atoms with Gasteiger partial charge in [0, 0.05) is 25.7 Å². The van der Waals surface area contributed by atoms with E-state index in [0.717, 1.165) is 22.6 Å². The van der Waals surface area contributed by atoms with E-state index in [1.807, 2.05) is 31.7 Å². The van der Waals surface area contributed by atoms with Crippen LogP contribution in [-0.4, -0.2) is 36.1 Å². The van der Waals surface area contributed by atoms with Crippen LogP contribution in [0.5, 0.6) is 5.88 Å². The molecule has 0 radical (unpaired) electrons. The molecular formula is C14H15ClN6O. The monoisotopic (exact) mass is 318 g/mol. The minimum Gasteiger partial charge on any atom is -0.478 e. The normalized spacial score (nSPS) is 10.9. The largest absolute Gasteiger partial charge is 0.478 e. The fraction of sp³-hybridized carbons (Fsp3) is 0.286. The summed E-state index contributed by atoms with van der Waals surface area (Å²) in [5, 5.41) is 12.8. The van der Waals surface area contributed by atoms with Gasteiger partial charge in [-0.1, -0.05) is 11.6 Å². The van der Waals surface area contributed by atoms with Crippen LogP contribution in [0.2, 0.25) is 5.15 Å². The highest BCUT2D eigenvalue weighted by Crippen LogP contribution is 2.33. The summed E-state index contributed by atoms with van der Waals surface area (Å²) in [6, 6.07) is 3.62. The van der Waals surface area contributed by atoms with Crippen LogP contribution in [0, 0.1) is 0 Å². The molecule has 114 valence electrons. The lowest BCUT2D eigenvalue weighted by Gasteiger charge is -2.09. The number of nitrogens with zero attached hydrogens (tertiary/aromatic N) is 6. The summed E-state index contributed by atoms with van der Waals surface area (Å²) in [5.74, 6) is 1.21. The molecule has 0 aliphatic carbocycles. The van der Waals surface area contributed by atoms with Crippen LogP contribution in [-0.2, 0) is 14.1 Å². The molecule has 0 aliphatic rings. The topological polar surface area (TPSA) is 70.7 Å². The van der Waals surface area contributed by atoms with Crippen molar-refractivity contribution >= 4 is 11.6 Å². The molecular weight excluding hydrogens is 304 g/mol. The molecule has 3 rings (SSSR count). The summed E-state index contributed by atoms with van der Waals surface area (Å²) in [6.45, 7) is 2.42. The highest BCUT2D eigenvalue weighted by molar-refractivity contribution is 6.29. The highest BCUT2D eigenvalue weighted by Gasteiger charge is 2.18. The molecule has 0 unspecified atom stereocenters. The van der Waals surface area contributed by atoms with Gasteiger partial charge >= 0.3 is 0 Å². The van der Waals surface area contributed by atoms with Gasteiger partial charge in [0.05, 0.1) is 24.1 Å². The lowest BCUT2D eigenvalue weighted by Crippen LogP contribution is -1.99. The second kappa shape index (κ2) is 5.76. The van der Waals surface area contributed by atoms with Crippen LogP contribution in [0.25, 0.3) is 22.6 Å². The van der Waals surface area contributed by atoms with Gasteiger partial charge in [-0.15, -0.1) is 10.2 Å². The molecule has 0 atom stereocenters. The lowest BCUT2D eigenvalue weighted by molar-refractivity contribution is 0.327. The van der Waals surface area contributed by atoms with Crippen molar-refractivity contribution in [1.82, 2.24) is 29.5 Å². The molecule has 3 aromatic heterocycles. The van der Waals surface area contributed by atoms with E-state index < -0.39 is 0 Å². The predicted molar refractivity (Wildman–Crippen MR) is 82.6 cm³/mol. The summed E-state index contributed by atoms with van der Waals surface area (Å²) < 4.78 is 9.07. The fourth-order valence-electron chi connectivity index (χ4n) is 2.30. The molecule has 0 amide bonds. The van der Waals surface area contributed by atoms with E-state index in [9.17, 15) is 0 Å². The van der Waals surface area contributed by atoms with Gasteiger partial charge in [0.15, 0.2) is 5.82 Å². The van der Waals surface area contributed by atoms with Crippen molar-refractivity contribution in [2.45, 2.75) is 6.92 Å². The Kier molecular flexibility index (Phi) is 3.81. The maximum atomic E-state index is 6.11. The van der Waals surface area contributed by atoms with Gasteiger partial charge in [-0.3, -0.25) is 4.68 Å². The van der Waals surface area contributed by atoms with Crippen LogP contribution in [0.1, 0.15) is 6.92 Å². The van der Waals surface area contributed by atoms with E-state index in [-0.39, 0.29) is 0 Å². The standard InChI is InChI=1S/C14H15ClN6O/c1-4-22-12-6-9(5-11(15)18-12)13-10(7-17-21(13)3)14-19-16-8-20(14)2/h5-8H,4H2,1-3H3. The number of rotatable bonds is 4. The smallest absolute Gasteiger partial charge is 0.215 e. The number of hydrogen-bond acceptors (Lipinski definition) is 5. The van der Waals surface area contributed by atoms with E-state index in [0.29, 0.717) is 17.6 Å². The van der Waals surface area contributed by atoms with Crippen molar-refractivity contribution in [3.05, 3.63) is 29.8 Å². The Labute approximate surface area is 132 Å². The van der Waals surface area contributed by atoms with Crippen LogP contribution in [0.15, 0.2) is 24.7 Å². The summed E-state index contributed by atoms with van der Waals surface area (Å²) >= 11 is 6.11. The second-order valence-electron chi connectivity index (χ2n) is 4.75. The zero-order chi connectivity index (χ0) is 15.7. The van der Waals surface area contributed by atoms with Gasteiger partial charge in [-0.05, 0) is 13.0 Å². The number of aromatic nitrogens is 6. The van der Waals surface area contributed by atoms with Gasteiger partial charge in [0.25, 0.3) is 0 Å². The van der Waals surface area contributed by atoms with E-state index in [2.05, 4.69) is 20.3 Å². The molecule has 3 aromatic rings. The molecule has 8 heteroatoms. The van der Waals surface area contributed by atoms with Crippen LogP contribution >= 0.6 is 11.6 Å². The molecule has 22 heavy (non-hydrogen) atoms. The third-order valence-electron chi connectivity index (χ3n) is 3.23. The van der Waals surface area contributed by atoms with Crippen LogP contribution in [0.4, 0.5) is 0 Å². The quantitative estimate of drug-likeness (QED) is 0.690.